The van der Waals surface area contributed by atoms with E-state index >= 15 is 0 Å². The number of aromatic nitrogens is 1. The van der Waals surface area contributed by atoms with Crippen LogP contribution in [0.1, 0.15) is 37.4 Å². The van der Waals surface area contributed by atoms with Gasteiger partial charge in [0, 0.05) is 51.4 Å². The Kier molecular flexibility index (Phi) is 9.27. The third-order valence-electron chi connectivity index (χ3n) is 6.70. The minimum Gasteiger partial charge on any atom is -0.381 e. The molecule has 192 valence electrons. The highest BCUT2D eigenvalue weighted by Gasteiger charge is 2.40. The van der Waals surface area contributed by atoms with Gasteiger partial charge in [-0.2, -0.15) is 13.2 Å². The molecule has 1 saturated heterocycles. The standard InChI is InChI=1S/C26H35F3N4O2/c1-4-24(34)33(23-12-8-11-22(30-23)26(27,28)29)20-25(13-17-35-18-14-25)32(3)16-15-31(2)19-21-9-6-5-7-10-21/h5-12H,4,13-20H2,1-3H3. The fourth-order valence-electron chi connectivity index (χ4n) is 4.46. The van der Waals surface area contributed by atoms with Crippen molar-refractivity contribution >= 4 is 11.7 Å². The van der Waals surface area contributed by atoms with Crippen LogP contribution in [-0.4, -0.2) is 73.2 Å². The van der Waals surface area contributed by atoms with Gasteiger partial charge < -0.3 is 9.64 Å². The third-order valence-corrected chi connectivity index (χ3v) is 6.70. The van der Waals surface area contributed by atoms with E-state index in [9.17, 15) is 18.0 Å². The van der Waals surface area contributed by atoms with Crippen molar-refractivity contribution in [3.8, 4) is 0 Å². The molecule has 0 unspecified atom stereocenters. The first-order chi connectivity index (χ1) is 16.6. The molecule has 2 aromatic rings. The van der Waals surface area contributed by atoms with E-state index in [0.29, 0.717) is 26.1 Å². The zero-order valence-corrected chi connectivity index (χ0v) is 20.7. The largest absolute Gasteiger partial charge is 0.433 e. The lowest BCUT2D eigenvalue weighted by Crippen LogP contribution is -2.59. The Balaban J connectivity index is 1.78. The van der Waals surface area contributed by atoms with Gasteiger partial charge in [0.1, 0.15) is 11.5 Å². The molecule has 1 aromatic carbocycles. The molecule has 1 aliphatic heterocycles. The van der Waals surface area contributed by atoms with Gasteiger partial charge in [-0.05, 0) is 44.6 Å². The fourth-order valence-corrected chi connectivity index (χ4v) is 4.46. The number of carbonyl (C=O) groups is 1. The van der Waals surface area contributed by atoms with Gasteiger partial charge in [0.25, 0.3) is 0 Å². The topological polar surface area (TPSA) is 48.9 Å². The number of benzene rings is 1. The van der Waals surface area contributed by atoms with Gasteiger partial charge in [-0.25, -0.2) is 4.98 Å². The van der Waals surface area contributed by atoms with Crippen LogP contribution in [0.25, 0.3) is 0 Å². The van der Waals surface area contributed by atoms with Crippen LogP contribution in [0.3, 0.4) is 0 Å². The molecule has 1 aromatic heterocycles. The molecule has 9 heteroatoms. The second kappa shape index (κ2) is 12.0. The summed E-state index contributed by atoms with van der Waals surface area (Å²) in [6.07, 6.45) is -3.04. The smallest absolute Gasteiger partial charge is 0.381 e. The molecule has 0 atom stereocenters. The van der Waals surface area contributed by atoms with Gasteiger partial charge in [0.05, 0.1) is 0 Å². The Morgan fingerprint density at radius 2 is 1.71 bits per heavy atom. The van der Waals surface area contributed by atoms with Gasteiger partial charge >= 0.3 is 6.18 Å². The number of nitrogens with zero attached hydrogens (tertiary/aromatic N) is 4. The highest BCUT2D eigenvalue weighted by atomic mass is 19.4. The van der Waals surface area contributed by atoms with Gasteiger partial charge in [-0.15, -0.1) is 0 Å². The van der Waals surface area contributed by atoms with Crippen molar-refractivity contribution in [2.75, 3.05) is 51.8 Å². The number of hydrogen-bond acceptors (Lipinski definition) is 5. The minimum atomic E-state index is -4.58. The van der Waals surface area contributed by atoms with Crippen molar-refractivity contribution < 1.29 is 22.7 Å². The maximum atomic E-state index is 13.3. The van der Waals surface area contributed by atoms with Crippen LogP contribution in [0.4, 0.5) is 19.0 Å². The molecule has 0 aliphatic carbocycles. The normalized spacial score (nSPS) is 16.0. The lowest BCUT2D eigenvalue weighted by atomic mass is 9.87. The van der Waals surface area contributed by atoms with E-state index in [0.717, 1.165) is 25.7 Å². The summed E-state index contributed by atoms with van der Waals surface area (Å²) in [6.45, 7) is 5.41. The molecule has 1 aliphatic rings. The fraction of sp³-hybridized carbons (Fsp3) is 0.538. The summed E-state index contributed by atoms with van der Waals surface area (Å²) in [5.41, 5.74) is -0.193. The Bertz CT molecular complexity index is 949. The zero-order valence-electron chi connectivity index (χ0n) is 20.7. The molecule has 0 radical (unpaired) electrons. The molecule has 1 amide bonds. The quantitative estimate of drug-likeness (QED) is 0.490. The van der Waals surface area contributed by atoms with Gasteiger partial charge in [-0.1, -0.05) is 43.3 Å². The van der Waals surface area contributed by atoms with Crippen LogP contribution in [0, 0.1) is 0 Å². The average molecular weight is 493 g/mol. The Morgan fingerprint density at radius 3 is 2.34 bits per heavy atom. The monoisotopic (exact) mass is 492 g/mol. The van der Waals surface area contributed by atoms with E-state index in [-0.39, 0.29) is 24.7 Å². The van der Waals surface area contributed by atoms with Crippen molar-refractivity contribution in [3.05, 3.63) is 59.8 Å². The molecular weight excluding hydrogens is 457 g/mol. The van der Waals surface area contributed by atoms with E-state index in [1.54, 1.807) is 6.92 Å². The van der Waals surface area contributed by atoms with Gasteiger partial charge in [-0.3, -0.25) is 14.6 Å². The number of ether oxygens (including phenoxy) is 1. The van der Waals surface area contributed by atoms with E-state index < -0.39 is 17.4 Å². The van der Waals surface area contributed by atoms with Crippen LogP contribution < -0.4 is 4.90 Å². The summed E-state index contributed by atoms with van der Waals surface area (Å²) in [5.74, 6) is -0.218. The molecule has 3 rings (SSSR count). The number of anilines is 1. The summed E-state index contributed by atoms with van der Waals surface area (Å²) in [4.78, 5) is 22.6. The van der Waals surface area contributed by atoms with Crippen LogP contribution in [-0.2, 0) is 22.3 Å². The van der Waals surface area contributed by atoms with E-state index in [1.807, 2.05) is 25.2 Å². The van der Waals surface area contributed by atoms with Crippen molar-refractivity contribution in [1.29, 1.82) is 0 Å². The van der Waals surface area contributed by atoms with Crippen molar-refractivity contribution in [1.82, 2.24) is 14.8 Å². The maximum Gasteiger partial charge on any atom is 0.433 e. The van der Waals surface area contributed by atoms with Gasteiger partial charge in [0.2, 0.25) is 5.91 Å². The first kappa shape index (κ1) is 27.1. The van der Waals surface area contributed by atoms with Crippen LogP contribution in [0.5, 0.6) is 0 Å². The predicted molar refractivity (Wildman–Crippen MR) is 130 cm³/mol. The van der Waals surface area contributed by atoms with E-state index in [4.69, 9.17) is 4.74 Å². The van der Waals surface area contributed by atoms with E-state index in [2.05, 4.69) is 34.0 Å². The predicted octanol–water partition coefficient (Wildman–Crippen LogP) is 4.46. The number of carbonyl (C=O) groups excluding carboxylic acids is 1. The zero-order chi connectivity index (χ0) is 25.5. The number of alkyl halides is 3. The maximum absolute atomic E-state index is 13.3. The first-order valence-electron chi connectivity index (χ1n) is 12.0. The summed E-state index contributed by atoms with van der Waals surface area (Å²) in [5, 5.41) is 0. The lowest BCUT2D eigenvalue weighted by molar-refractivity contribution is -0.141. The first-order valence-corrected chi connectivity index (χ1v) is 12.0. The molecule has 0 saturated carbocycles. The van der Waals surface area contributed by atoms with E-state index in [1.165, 1.54) is 22.6 Å². The molecule has 1 fully saturated rings. The number of rotatable bonds is 10. The van der Waals surface area contributed by atoms with Crippen molar-refractivity contribution in [3.63, 3.8) is 0 Å². The van der Waals surface area contributed by atoms with Crippen LogP contribution in [0.15, 0.2) is 48.5 Å². The second-order valence-corrected chi connectivity index (χ2v) is 9.19. The number of halogens is 3. The highest BCUT2D eigenvalue weighted by molar-refractivity contribution is 5.92. The Morgan fingerprint density at radius 1 is 1.03 bits per heavy atom. The minimum absolute atomic E-state index is 0.0344. The summed E-state index contributed by atoms with van der Waals surface area (Å²) in [7, 11) is 4.09. The number of likely N-dealkylation sites (N-methyl/N-ethyl adjacent to an activating group) is 2. The number of hydrogen-bond donors (Lipinski definition) is 0. The Labute approximate surface area is 205 Å². The second-order valence-electron chi connectivity index (χ2n) is 9.19. The third kappa shape index (κ3) is 7.25. The molecule has 0 bridgehead atoms. The summed E-state index contributed by atoms with van der Waals surface area (Å²) in [6, 6.07) is 13.9. The van der Waals surface area contributed by atoms with Crippen LogP contribution >= 0.6 is 0 Å². The number of amides is 1. The lowest BCUT2D eigenvalue weighted by Gasteiger charge is -2.47. The summed E-state index contributed by atoms with van der Waals surface area (Å²) < 4.78 is 45.6. The summed E-state index contributed by atoms with van der Waals surface area (Å²) >= 11 is 0. The molecule has 6 nitrogen and oxygen atoms in total. The average Bonchev–Trinajstić information content (AvgIpc) is 2.86. The molecule has 35 heavy (non-hydrogen) atoms. The van der Waals surface area contributed by atoms with Crippen molar-refractivity contribution in [2.45, 2.75) is 44.4 Å². The SMILES string of the molecule is CCC(=O)N(CC1(N(C)CCN(C)Cc2ccccc2)CCOCC1)c1cccc(C(F)(F)F)n1. The molecule has 0 N–H and O–H groups in total. The molecule has 2 heterocycles. The number of pyridine rings is 1. The van der Waals surface area contributed by atoms with Crippen LogP contribution in [0.2, 0.25) is 0 Å². The Hall–Kier alpha value is -2.49. The highest BCUT2D eigenvalue weighted by Crippen LogP contribution is 2.32. The molecular formula is C26H35F3N4O2. The molecule has 0 spiro atoms. The van der Waals surface area contributed by atoms with Gasteiger partial charge in [0.15, 0.2) is 0 Å². The van der Waals surface area contributed by atoms with Crippen molar-refractivity contribution in [2.24, 2.45) is 0 Å².